The fraction of sp³-hybridized carbons (Fsp3) is 0.300. The number of benzene rings is 1. The van der Waals surface area contributed by atoms with Gasteiger partial charge in [-0.15, -0.1) is 0 Å². The fourth-order valence-electron chi connectivity index (χ4n) is 1.11. The smallest absolute Gasteiger partial charge is 0.414 e. The van der Waals surface area contributed by atoms with Gasteiger partial charge in [0, 0.05) is 0 Å². The van der Waals surface area contributed by atoms with E-state index in [-0.39, 0.29) is 5.75 Å². The first kappa shape index (κ1) is 15.6. The predicted octanol–water partition coefficient (Wildman–Crippen LogP) is -0.391. The van der Waals surface area contributed by atoms with Crippen LogP contribution in [0.2, 0.25) is 0 Å². The lowest BCUT2D eigenvalue weighted by Crippen LogP contribution is -2.51. The van der Waals surface area contributed by atoms with E-state index in [1.165, 1.54) is 12.1 Å². The van der Waals surface area contributed by atoms with Gasteiger partial charge in [0.1, 0.15) is 12.3 Å². The van der Waals surface area contributed by atoms with E-state index in [1.807, 2.05) is 5.32 Å². The molecule has 0 radical (unpaired) electrons. The number of nitrogens with one attached hydrogen (secondary N) is 1. The van der Waals surface area contributed by atoms with Gasteiger partial charge in [-0.1, -0.05) is 18.2 Å². The van der Waals surface area contributed by atoms with Gasteiger partial charge in [0.2, 0.25) is 0 Å². The number of para-hydroxylation sites is 1. The normalized spacial score (nSPS) is 14.5. The molecule has 0 aliphatic heterocycles. The Morgan fingerprint density at radius 3 is 2.42 bits per heavy atom. The average molecular weight is 291 g/mol. The van der Waals surface area contributed by atoms with Crippen molar-refractivity contribution in [2.45, 2.75) is 5.65 Å². The molecule has 0 heterocycles. The van der Waals surface area contributed by atoms with Crippen molar-refractivity contribution in [2.75, 3.05) is 13.7 Å². The number of ether oxygens (including phenoxy) is 2. The summed E-state index contributed by atoms with van der Waals surface area (Å²) >= 11 is 0. The SMILES string of the molecule is COC(=O)CNC(O)(Oc1ccccc1)P(=O)(O)O. The van der Waals surface area contributed by atoms with Crippen molar-refractivity contribution in [3.05, 3.63) is 30.3 Å². The molecule has 1 unspecified atom stereocenters. The Kier molecular flexibility index (Phi) is 5.04. The van der Waals surface area contributed by atoms with Crippen molar-refractivity contribution in [1.29, 1.82) is 0 Å². The topological polar surface area (TPSA) is 125 Å². The second kappa shape index (κ2) is 6.14. The van der Waals surface area contributed by atoms with Crippen molar-refractivity contribution in [1.82, 2.24) is 5.32 Å². The minimum atomic E-state index is -5.11. The van der Waals surface area contributed by atoms with Gasteiger partial charge >= 0.3 is 19.2 Å². The van der Waals surface area contributed by atoms with Crippen molar-refractivity contribution in [2.24, 2.45) is 0 Å². The summed E-state index contributed by atoms with van der Waals surface area (Å²) in [5.74, 6) is -0.797. The van der Waals surface area contributed by atoms with Crippen molar-refractivity contribution < 1.29 is 33.7 Å². The second-order valence-electron chi connectivity index (χ2n) is 3.50. The molecule has 0 aliphatic rings. The Bertz CT molecular complexity index is 474. The lowest BCUT2D eigenvalue weighted by molar-refractivity contribution is -0.146. The zero-order chi connectivity index (χ0) is 14.5. The highest BCUT2D eigenvalue weighted by molar-refractivity contribution is 7.53. The second-order valence-corrected chi connectivity index (χ2v) is 5.19. The van der Waals surface area contributed by atoms with Crippen molar-refractivity contribution >= 4 is 13.6 Å². The van der Waals surface area contributed by atoms with Gasteiger partial charge in [-0.2, -0.15) is 0 Å². The maximum atomic E-state index is 11.3. The number of rotatable bonds is 6. The first-order valence-electron chi connectivity index (χ1n) is 5.12. The molecule has 8 nitrogen and oxygen atoms in total. The molecule has 1 aromatic rings. The van der Waals surface area contributed by atoms with E-state index < -0.39 is 25.8 Å². The molecule has 1 rings (SSSR count). The van der Waals surface area contributed by atoms with Gasteiger partial charge in [0.25, 0.3) is 0 Å². The highest BCUT2D eigenvalue weighted by Gasteiger charge is 2.49. The third-order valence-corrected chi connectivity index (χ3v) is 3.13. The van der Waals surface area contributed by atoms with Crippen LogP contribution < -0.4 is 10.1 Å². The molecule has 0 aromatic heterocycles. The van der Waals surface area contributed by atoms with Crippen molar-refractivity contribution in [3.8, 4) is 5.75 Å². The number of esters is 1. The Hall–Kier alpha value is -1.44. The highest BCUT2D eigenvalue weighted by atomic mass is 31.2. The zero-order valence-electron chi connectivity index (χ0n) is 10.0. The molecule has 0 spiro atoms. The molecule has 106 valence electrons. The van der Waals surface area contributed by atoms with E-state index in [2.05, 4.69) is 4.74 Å². The third-order valence-electron chi connectivity index (χ3n) is 2.09. The quantitative estimate of drug-likeness (QED) is 0.317. The molecule has 4 N–H and O–H groups in total. The maximum absolute atomic E-state index is 11.3. The van der Waals surface area contributed by atoms with Crippen LogP contribution in [0.25, 0.3) is 0 Å². The van der Waals surface area contributed by atoms with Crippen LogP contribution >= 0.6 is 7.60 Å². The van der Waals surface area contributed by atoms with E-state index in [9.17, 15) is 14.5 Å². The number of hydrogen-bond donors (Lipinski definition) is 4. The summed E-state index contributed by atoms with van der Waals surface area (Å²) in [4.78, 5) is 29.1. The number of carbonyl (C=O) groups is 1. The molecule has 1 aromatic carbocycles. The molecule has 0 amide bonds. The Morgan fingerprint density at radius 2 is 1.95 bits per heavy atom. The van der Waals surface area contributed by atoms with Crippen LogP contribution in [0.4, 0.5) is 0 Å². The van der Waals surface area contributed by atoms with Crippen LogP contribution in [0, 0.1) is 0 Å². The summed E-state index contributed by atoms with van der Waals surface area (Å²) in [6.07, 6.45) is 0. The van der Waals surface area contributed by atoms with E-state index in [0.717, 1.165) is 7.11 Å². The monoisotopic (exact) mass is 291 g/mol. The summed E-state index contributed by atoms with van der Waals surface area (Å²) in [5.41, 5.74) is -3.01. The Morgan fingerprint density at radius 1 is 1.37 bits per heavy atom. The van der Waals surface area contributed by atoms with Crippen LogP contribution in [0.15, 0.2) is 30.3 Å². The summed E-state index contributed by atoms with van der Waals surface area (Å²) in [5, 5.41) is 11.8. The first-order chi connectivity index (χ1) is 8.78. The number of aliphatic hydroxyl groups is 1. The summed E-state index contributed by atoms with van der Waals surface area (Å²) in [6, 6.07) is 7.54. The van der Waals surface area contributed by atoms with Crippen LogP contribution in [0.1, 0.15) is 0 Å². The number of methoxy groups -OCH3 is 1. The summed E-state index contributed by atoms with van der Waals surface area (Å²) in [6.45, 7) is -0.634. The molecule has 0 bridgehead atoms. The standard InChI is InChI=1S/C10H14NO7P/c1-17-9(12)7-11-10(13,19(14,15)16)18-8-5-3-2-4-6-8/h2-6,11,13H,7H2,1H3,(H2,14,15,16). The molecule has 0 aliphatic carbocycles. The number of carbonyl (C=O) groups excluding carboxylic acids is 1. The molecular formula is C10H14NO7P. The minimum Gasteiger partial charge on any atom is -0.468 e. The lowest BCUT2D eigenvalue weighted by Gasteiger charge is -2.29. The maximum Gasteiger partial charge on any atom is 0.414 e. The summed E-state index contributed by atoms with van der Waals surface area (Å²) in [7, 11) is -4.01. The van der Waals surface area contributed by atoms with Crippen LogP contribution in [0.5, 0.6) is 5.75 Å². The van der Waals surface area contributed by atoms with Crippen molar-refractivity contribution in [3.63, 3.8) is 0 Å². The molecule has 9 heteroatoms. The molecule has 0 saturated carbocycles. The van der Waals surface area contributed by atoms with Gasteiger partial charge in [-0.3, -0.25) is 9.36 Å². The molecular weight excluding hydrogens is 277 g/mol. The van der Waals surface area contributed by atoms with Crippen LogP contribution in [-0.4, -0.2) is 40.2 Å². The zero-order valence-corrected chi connectivity index (χ0v) is 10.9. The number of hydrogen-bond acceptors (Lipinski definition) is 6. The summed E-state index contributed by atoms with van der Waals surface area (Å²) < 4.78 is 20.4. The fourth-order valence-corrected chi connectivity index (χ4v) is 1.62. The van der Waals surface area contributed by atoms with Gasteiger partial charge < -0.3 is 24.4 Å². The average Bonchev–Trinajstić information content (AvgIpc) is 2.36. The Balaban J connectivity index is 2.88. The molecule has 19 heavy (non-hydrogen) atoms. The third kappa shape index (κ3) is 4.30. The molecule has 1 atom stereocenters. The van der Waals surface area contributed by atoms with Crippen LogP contribution in [0.3, 0.4) is 0 Å². The van der Waals surface area contributed by atoms with Gasteiger partial charge in [-0.25, -0.2) is 5.32 Å². The Labute approximate surface area is 109 Å². The van der Waals surface area contributed by atoms with E-state index in [1.54, 1.807) is 18.2 Å². The highest BCUT2D eigenvalue weighted by Crippen LogP contribution is 2.47. The first-order valence-corrected chi connectivity index (χ1v) is 6.73. The van der Waals surface area contributed by atoms with Crippen LogP contribution in [-0.2, 0) is 14.1 Å². The predicted molar refractivity (Wildman–Crippen MR) is 64.1 cm³/mol. The molecule has 0 saturated heterocycles. The van der Waals surface area contributed by atoms with E-state index >= 15 is 0 Å². The van der Waals surface area contributed by atoms with Gasteiger partial charge in [0.15, 0.2) is 0 Å². The van der Waals surface area contributed by atoms with E-state index in [4.69, 9.17) is 14.5 Å². The van der Waals surface area contributed by atoms with E-state index in [0.29, 0.717) is 0 Å². The van der Waals surface area contributed by atoms with Gasteiger partial charge in [0.05, 0.1) is 7.11 Å². The molecule has 0 fully saturated rings. The lowest BCUT2D eigenvalue weighted by atomic mass is 10.3. The minimum absolute atomic E-state index is 0.0192. The van der Waals surface area contributed by atoms with Gasteiger partial charge in [-0.05, 0) is 12.1 Å². The largest absolute Gasteiger partial charge is 0.468 e.